The number of hydrogen-bond donors (Lipinski definition) is 2. The molecule has 8 heteroatoms. The molecule has 0 aliphatic carbocycles. The van der Waals surface area contributed by atoms with Crippen LogP contribution in [0.1, 0.15) is 29.8 Å². The smallest absolute Gasteiger partial charge is 0.305 e. The molecule has 1 aromatic carbocycles. The summed E-state index contributed by atoms with van der Waals surface area (Å²) in [4.78, 5) is 28.7. The van der Waals surface area contributed by atoms with Crippen molar-refractivity contribution in [2.24, 2.45) is 0 Å². The van der Waals surface area contributed by atoms with Crippen LogP contribution in [0.25, 0.3) is 10.9 Å². The maximum Gasteiger partial charge on any atom is 0.305 e. The van der Waals surface area contributed by atoms with Gasteiger partial charge in [-0.15, -0.1) is 0 Å². The minimum Gasteiger partial charge on any atom is -0.481 e. The molecule has 1 aromatic heterocycles. The molecule has 3 rings (SSSR count). The van der Waals surface area contributed by atoms with Crippen LogP contribution in [-0.4, -0.2) is 52.7 Å². The third kappa shape index (κ3) is 3.92. The van der Waals surface area contributed by atoms with Gasteiger partial charge in [-0.2, -0.15) is 0 Å². The maximum absolute atomic E-state index is 13.1. The highest BCUT2D eigenvalue weighted by Gasteiger charge is 2.29. The SMILES string of the molecule is O=C(O)CCN(C(=O)c1[nH]c2ccc(Cl)cc2c1Cl)C1CCOCC1. The molecule has 0 bridgehead atoms. The number of carbonyl (C=O) groups excluding carboxylic acids is 1. The lowest BCUT2D eigenvalue weighted by Crippen LogP contribution is -2.44. The van der Waals surface area contributed by atoms with Crippen molar-refractivity contribution < 1.29 is 19.4 Å². The Morgan fingerprint density at radius 1 is 1.28 bits per heavy atom. The first kappa shape index (κ1) is 18.0. The Morgan fingerprint density at radius 3 is 2.68 bits per heavy atom. The molecule has 0 unspecified atom stereocenters. The van der Waals surface area contributed by atoms with Crippen LogP contribution in [0.2, 0.25) is 10.0 Å². The van der Waals surface area contributed by atoms with Crippen molar-refractivity contribution >= 4 is 46.0 Å². The molecule has 0 spiro atoms. The van der Waals surface area contributed by atoms with Crippen molar-refractivity contribution in [2.75, 3.05) is 19.8 Å². The number of amides is 1. The average Bonchev–Trinajstić information content (AvgIpc) is 2.92. The van der Waals surface area contributed by atoms with E-state index in [1.165, 1.54) is 0 Å². The molecule has 2 heterocycles. The zero-order chi connectivity index (χ0) is 18.0. The molecular formula is C17H18Cl2N2O4. The van der Waals surface area contributed by atoms with Gasteiger partial charge in [0.25, 0.3) is 5.91 Å². The number of aromatic amines is 1. The normalized spacial score (nSPS) is 15.4. The van der Waals surface area contributed by atoms with Crippen molar-refractivity contribution in [3.05, 3.63) is 33.9 Å². The number of aromatic nitrogens is 1. The van der Waals surface area contributed by atoms with Crippen molar-refractivity contribution in [1.29, 1.82) is 0 Å². The summed E-state index contributed by atoms with van der Waals surface area (Å²) in [6, 6.07) is 5.11. The van der Waals surface area contributed by atoms with Crippen LogP contribution in [0.3, 0.4) is 0 Å². The molecule has 0 radical (unpaired) electrons. The van der Waals surface area contributed by atoms with Crippen LogP contribution in [0.15, 0.2) is 18.2 Å². The van der Waals surface area contributed by atoms with Crippen LogP contribution in [-0.2, 0) is 9.53 Å². The van der Waals surface area contributed by atoms with Crippen LogP contribution >= 0.6 is 23.2 Å². The fourth-order valence-electron chi connectivity index (χ4n) is 3.09. The number of rotatable bonds is 5. The van der Waals surface area contributed by atoms with Crippen LogP contribution in [0.5, 0.6) is 0 Å². The number of ether oxygens (including phenoxy) is 1. The van der Waals surface area contributed by atoms with E-state index in [1.807, 2.05) is 0 Å². The standard InChI is InChI=1S/C17H18Cl2N2O4/c18-10-1-2-13-12(9-10)15(19)16(20-13)17(24)21(6-3-14(22)23)11-4-7-25-8-5-11/h1-2,9,11,20H,3-8H2,(H,22,23). The second kappa shape index (κ2) is 7.64. The minimum absolute atomic E-state index is 0.0633. The molecule has 1 fully saturated rings. The molecule has 0 saturated carbocycles. The van der Waals surface area contributed by atoms with Crippen molar-refractivity contribution in [1.82, 2.24) is 9.88 Å². The Morgan fingerprint density at radius 2 is 2.00 bits per heavy atom. The van der Waals surface area contributed by atoms with E-state index >= 15 is 0 Å². The predicted molar refractivity (Wildman–Crippen MR) is 95.4 cm³/mol. The number of nitrogens with zero attached hydrogens (tertiary/aromatic N) is 1. The van der Waals surface area contributed by atoms with E-state index in [0.29, 0.717) is 47.0 Å². The summed E-state index contributed by atoms with van der Waals surface area (Å²) in [5.74, 6) is -1.25. The number of nitrogens with one attached hydrogen (secondary N) is 1. The topological polar surface area (TPSA) is 82.6 Å². The molecule has 25 heavy (non-hydrogen) atoms. The van der Waals surface area contributed by atoms with Crippen LogP contribution in [0, 0.1) is 0 Å². The average molecular weight is 385 g/mol. The van der Waals surface area contributed by atoms with Gasteiger partial charge in [0, 0.05) is 41.7 Å². The molecule has 1 aliphatic rings. The molecule has 2 aromatic rings. The van der Waals surface area contributed by atoms with Gasteiger partial charge in [-0.25, -0.2) is 0 Å². The molecule has 6 nitrogen and oxygen atoms in total. The summed E-state index contributed by atoms with van der Waals surface area (Å²) in [6.45, 7) is 1.24. The lowest BCUT2D eigenvalue weighted by Gasteiger charge is -2.34. The van der Waals surface area contributed by atoms with E-state index in [4.69, 9.17) is 33.0 Å². The summed E-state index contributed by atoms with van der Waals surface area (Å²) in [7, 11) is 0. The van der Waals surface area contributed by atoms with Gasteiger partial charge >= 0.3 is 5.97 Å². The molecule has 134 valence electrons. The summed E-state index contributed by atoms with van der Waals surface area (Å²) < 4.78 is 5.34. The van der Waals surface area contributed by atoms with Crippen molar-refractivity contribution in [3.63, 3.8) is 0 Å². The van der Waals surface area contributed by atoms with E-state index in [2.05, 4.69) is 4.98 Å². The maximum atomic E-state index is 13.1. The Bertz CT molecular complexity index is 799. The monoisotopic (exact) mass is 384 g/mol. The highest BCUT2D eigenvalue weighted by molar-refractivity contribution is 6.39. The second-order valence-corrected chi connectivity index (χ2v) is 6.80. The molecule has 0 atom stereocenters. The highest BCUT2D eigenvalue weighted by atomic mass is 35.5. The Labute approximate surface area is 154 Å². The number of hydrogen-bond acceptors (Lipinski definition) is 3. The molecule has 2 N–H and O–H groups in total. The van der Waals surface area contributed by atoms with E-state index < -0.39 is 5.97 Å². The van der Waals surface area contributed by atoms with Gasteiger partial charge in [0.15, 0.2) is 0 Å². The third-order valence-corrected chi connectivity index (χ3v) is 5.00. The van der Waals surface area contributed by atoms with Gasteiger partial charge in [0.05, 0.1) is 11.4 Å². The quantitative estimate of drug-likeness (QED) is 0.825. The van der Waals surface area contributed by atoms with Gasteiger partial charge in [0.2, 0.25) is 0 Å². The van der Waals surface area contributed by atoms with Gasteiger partial charge in [-0.1, -0.05) is 23.2 Å². The molecule has 1 saturated heterocycles. The van der Waals surface area contributed by atoms with Crippen molar-refractivity contribution in [3.8, 4) is 0 Å². The summed E-state index contributed by atoms with van der Waals surface area (Å²) in [6.07, 6.45) is 1.23. The predicted octanol–water partition coefficient (Wildman–Crippen LogP) is 3.57. The molecular weight excluding hydrogens is 367 g/mol. The first-order valence-corrected chi connectivity index (χ1v) is 8.80. The van der Waals surface area contributed by atoms with E-state index in [9.17, 15) is 9.59 Å². The van der Waals surface area contributed by atoms with Gasteiger partial charge < -0.3 is 19.7 Å². The zero-order valence-electron chi connectivity index (χ0n) is 13.4. The van der Waals surface area contributed by atoms with E-state index in [1.54, 1.807) is 23.1 Å². The summed E-state index contributed by atoms with van der Waals surface area (Å²) in [5.41, 5.74) is 0.971. The highest BCUT2D eigenvalue weighted by Crippen LogP contribution is 2.31. The number of carboxylic acids is 1. The summed E-state index contributed by atoms with van der Waals surface area (Å²) in [5, 5.41) is 10.5. The second-order valence-electron chi connectivity index (χ2n) is 5.99. The van der Waals surface area contributed by atoms with Gasteiger partial charge in [-0.05, 0) is 31.0 Å². The van der Waals surface area contributed by atoms with Crippen molar-refractivity contribution in [2.45, 2.75) is 25.3 Å². The lowest BCUT2D eigenvalue weighted by molar-refractivity contribution is -0.137. The Balaban J connectivity index is 1.93. The fraction of sp³-hybridized carbons (Fsp3) is 0.412. The summed E-state index contributed by atoms with van der Waals surface area (Å²) >= 11 is 12.4. The van der Waals surface area contributed by atoms with Crippen LogP contribution in [0.4, 0.5) is 0 Å². The molecule has 1 aliphatic heterocycles. The lowest BCUT2D eigenvalue weighted by atomic mass is 10.1. The number of fused-ring (bicyclic) bond motifs is 1. The largest absolute Gasteiger partial charge is 0.481 e. The van der Waals surface area contributed by atoms with Gasteiger partial charge in [-0.3, -0.25) is 9.59 Å². The number of carboxylic acid groups (broad SMARTS) is 1. The van der Waals surface area contributed by atoms with Crippen LogP contribution < -0.4 is 0 Å². The van der Waals surface area contributed by atoms with Gasteiger partial charge in [0.1, 0.15) is 5.69 Å². The number of benzene rings is 1. The third-order valence-electron chi connectivity index (χ3n) is 4.37. The molecule has 1 amide bonds. The number of halogens is 2. The Kier molecular flexibility index (Phi) is 5.51. The Hall–Kier alpha value is -1.76. The first-order chi connectivity index (χ1) is 12.0. The fourth-order valence-corrected chi connectivity index (χ4v) is 3.54. The number of carbonyl (C=O) groups is 2. The zero-order valence-corrected chi connectivity index (χ0v) is 14.9. The number of H-pyrrole nitrogens is 1. The van der Waals surface area contributed by atoms with E-state index in [0.717, 1.165) is 0 Å². The first-order valence-electron chi connectivity index (χ1n) is 8.04. The van der Waals surface area contributed by atoms with E-state index in [-0.39, 0.29) is 30.6 Å². The minimum atomic E-state index is -0.945. The number of aliphatic carboxylic acids is 1.